The van der Waals surface area contributed by atoms with Gasteiger partial charge < -0.3 is 9.84 Å². The zero-order chi connectivity index (χ0) is 13.2. The largest absolute Gasteiger partial charge is 0.408 e. The van der Waals surface area contributed by atoms with Crippen molar-refractivity contribution in [2.45, 2.75) is 11.8 Å². The number of sulfonamides is 1. The van der Waals surface area contributed by atoms with Gasteiger partial charge in [-0.25, -0.2) is 13.1 Å². The third kappa shape index (κ3) is 2.57. The second kappa shape index (κ2) is 4.63. The third-order valence-electron chi connectivity index (χ3n) is 2.08. The number of aryl methyl sites for hydroxylation is 1. The fraction of sp³-hybridized carbons (Fsp3) is 0.111. The van der Waals surface area contributed by atoms with Crippen LogP contribution in [0.5, 0.6) is 0 Å². The van der Waals surface area contributed by atoms with E-state index in [0.717, 1.165) is 0 Å². The van der Waals surface area contributed by atoms with Crippen molar-refractivity contribution in [3.05, 3.63) is 30.2 Å². The Morgan fingerprint density at radius 1 is 1.22 bits per heavy atom. The van der Waals surface area contributed by atoms with E-state index in [0.29, 0.717) is 5.69 Å². The number of aromatic nitrogens is 2. The van der Waals surface area contributed by atoms with Crippen molar-refractivity contribution in [2.75, 3.05) is 10.1 Å². The molecule has 2 rings (SSSR count). The summed E-state index contributed by atoms with van der Waals surface area (Å²) in [7, 11) is -3.74. The van der Waals surface area contributed by atoms with Crippen LogP contribution in [0.25, 0.3) is 0 Å². The molecule has 0 saturated heterocycles. The molecule has 1 aromatic heterocycles. The van der Waals surface area contributed by atoms with Gasteiger partial charge in [0.05, 0.1) is 4.90 Å². The Bertz CT molecular complexity index is 634. The molecule has 0 aliphatic rings. The zero-order valence-electron chi connectivity index (χ0n) is 9.41. The van der Waals surface area contributed by atoms with Crippen molar-refractivity contribution in [1.29, 1.82) is 0 Å². The average molecular weight is 269 g/mol. The van der Waals surface area contributed by atoms with Gasteiger partial charge >= 0.3 is 6.01 Å². The molecule has 1 heterocycles. The highest BCUT2D eigenvalue weighted by atomic mass is 32.2. The predicted molar refractivity (Wildman–Crippen MR) is 64.1 cm³/mol. The SMILES string of the molecule is Cc1nnc(NS(=O)(=O)c2ccc(NN)cc2)o1. The number of rotatable bonds is 4. The topological polar surface area (TPSA) is 123 Å². The number of hydrogen-bond acceptors (Lipinski definition) is 7. The minimum Gasteiger partial charge on any atom is -0.408 e. The summed E-state index contributed by atoms with van der Waals surface area (Å²) in [5, 5.41) is 7.07. The van der Waals surface area contributed by atoms with Gasteiger partial charge in [0.2, 0.25) is 5.89 Å². The molecule has 2 aromatic rings. The Hall–Kier alpha value is -2.13. The Kier molecular flexibility index (Phi) is 3.17. The predicted octanol–water partition coefficient (Wildman–Crippen LogP) is 0.464. The number of hydrazine groups is 1. The number of nitrogens with zero attached hydrogens (tertiary/aromatic N) is 2. The Morgan fingerprint density at radius 3 is 2.39 bits per heavy atom. The Balaban J connectivity index is 2.24. The molecule has 0 amide bonds. The van der Waals surface area contributed by atoms with E-state index in [1.54, 1.807) is 6.92 Å². The summed E-state index contributed by atoms with van der Waals surface area (Å²) in [4.78, 5) is 0.0670. The number of nitrogens with one attached hydrogen (secondary N) is 2. The summed E-state index contributed by atoms with van der Waals surface area (Å²) in [5.41, 5.74) is 3.00. The molecule has 0 fully saturated rings. The fourth-order valence-corrected chi connectivity index (χ4v) is 2.17. The lowest BCUT2D eigenvalue weighted by Crippen LogP contribution is -2.13. The van der Waals surface area contributed by atoms with Crippen molar-refractivity contribution in [3.8, 4) is 0 Å². The molecule has 1 aromatic carbocycles. The molecule has 0 unspecified atom stereocenters. The Morgan fingerprint density at radius 2 is 1.89 bits per heavy atom. The van der Waals surface area contributed by atoms with E-state index >= 15 is 0 Å². The summed E-state index contributed by atoms with van der Waals surface area (Å²) >= 11 is 0. The molecule has 0 atom stereocenters. The summed E-state index contributed by atoms with van der Waals surface area (Å²) in [6, 6.07) is 5.71. The first kappa shape index (κ1) is 12.3. The van der Waals surface area contributed by atoms with Crippen LogP contribution in [-0.2, 0) is 10.0 Å². The first-order valence-corrected chi connectivity index (χ1v) is 6.39. The van der Waals surface area contributed by atoms with Crippen LogP contribution >= 0.6 is 0 Å². The lowest BCUT2D eigenvalue weighted by atomic mass is 10.3. The fourth-order valence-electron chi connectivity index (χ4n) is 1.24. The normalized spacial score (nSPS) is 11.2. The average Bonchev–Trinajstić information content (AvgIpc) is 2.74. The lowest BCUT2D eigenvalue weighted by molar-refractivity contribution is 0.534. The van der Waals surface area contributed by atoms with Crippen LogP contribution < -0.4 is 16.0 Å². The van der Waals surface area contributed by atoms with Gasteiger partial charge in [-0.3, -0.25) is 5.84 Å². The number of nitrogens with two attached hydrogens (primary N) is 1. The summed E-state index contributed by atoms with van der Waals surface area (Å²) in [6.07, 6.45) is 0. The van der Waals surface area contributed by atoms with Crippen molar-refractivity contribution in [1.82, 2.24) is 10.2 Å². The molecule has 9 heteroatoms. The molecule has 0 bridgehead atoms. The summed E-state index contributed by atoms with van der Waals surface area (Å²) in [6.45, 7) is 1.56. The van der Waals surface area contributed by atoms with Crippen molar-refractivity contribution in [3.63, 3.8) is 0 Å². The minimum atomic E-state index is -3.74. The number of hydrogen-bond donors (Lipinski definition) is 3. The molecule has 0 radical (unpaired) electrons. The van der Waals surface area contributed by atoms with Crippen LogP contribution in [0.3, 0.4) is 0 Å². The van der Waals surface area contributed by atoms with Crippen molar-refractivity contribution >= 4 is 21.7 Å². The van der Waals surface area contributed by atoms with E-state index in [9.17, 15) is 8.42 Å². The number of benzene rings is 1. The van der Waals surface area contributed by atoms with Crippen molar-refractivity contribution in [2.24, 2.45) is 5.84 Å². The van der Waals surface area contributed by atoms with Gasteiger partial charge in [0, 0.05) is 12.6 Å². The second-order valence-corrected chi connectivity index (χ2v) is 5.08. The highest BCUT2D eigenvalue weighted by Gasteiger charge is 2.17. The molecule has 0 spiro atoms. The van der Waals surface area contributed by atoms with E-state index in [-0.39, 0.29) is 16.8 Å². The maximum Gasteiger partial charge on any atom is 0.329 e. The van der Waals surface area contributed by atoms with E-state index in [4.69, 9.17) is 10.3 Å². The maximum atomic E-state index is 11.9. The number of anilines is 2. The summed E-state index contributed by atoms with van der Waals surface area (Å²) < 4.78 is 31.0. The molecular weight excluding hydrogens is 258 g/mol. The zero-order valence-corrected chi connectivity index (χ0v) is 10.2. The first-order valence-electron chi connectivity index (χ1n) is 4.91. The highest BCUT2D eigenvalue weighted by molar-refractivity contribution is 7.92. The van der Waals surface area contributed by atoms with Crippen LogP contribution in [0, 0.1) is 6.92 Å². The third-order valence-corrected chi connectivity index (χ3v) is 3.42. The minimum absolute atomic E-state index is 0.0670. The Labute approximate surface area is 103 Å². The van der Waals surface area contributed by atoms with E-state index in [2.05, 4.69) is 20.3 Å². The lowest BCUT2D eigenvalue weighted by Gasteiger charge is -2.05. The molecular formula is C9H11N5O3S. The van der Waals surface area contributed by atoms with Gasteiger partial charge in [-0.2, -0.15) is 0 Å². The smallest absolute Gasteiger partial charge is 0.329 e. The number of nitrogen functional groups attached to an aromatic ring is 1. The van der Waals surface area contributed by atoms with Crippen LogP contribution in [0.15, 0.2) is 33.6 Å². The van der Waals surface area contributed by atoms with Crippen LogP contribution in [0.4, 0.5) is 11.7 Å². The van der Waals surface area contributed by atoms with Crippen LogP contribution in [0.2, 0.25) is 0 Å². The van der Waals surface area contributed by atoms with Crippen LogP contribution in [0.1, 0.15) is 5.89 Å². The maximum absolute atomic E-state index is 11.9. The van der Waals surface area contributed by atoms with Gasteiger partial charge in [0.25, 0.3) is 10.0 Å². The molecule has 4 N–H and O–H groups in total. The van der Waals surface area contributed by atoms with E-state index in [1.165, 1.54) is 24.3 Å². The van der Waals surface area contributed by atoms with Gasteiger partial charge in [0.1, 0.15) is 0 Å². The highest BCUT2D eigenvalue weighted by Crippen LogP contribution is 2.16. The van der Waals surface area contributed by atoms with Gasteiger partial charge in [0.15, 0.2) is 0 Å². The van der Waals surface area contributed by atoms with Crippen molar-refractivity contribution < 1.29 is 12.8 Å². The first-order chi connectivity index (χ1) is 8.51. The van der Waals surface area contributed by atoms with Gasteiger partial charge in [-0.05, 0) is 24.3 Å². The monoisotopic (exact) mass is 269 g/mol. The van der Waals surface area contributed by atoms with E-state index < -0.39 is 10.0 Å². The van der Waals surface area contributed by atoms with Gasteiger partial charge in [-0.1, -0.05) is 5.10 Å². The second-order valence-electron chi connectivity index (χ2n) is 3.40. The van der Waals surface area contributed by atoms with Crippen LogP contribution in [-0.4, -0.2) is 18.6 Å². The summed E-state index contributed by atoms with van der Waals surface area (Å²) in [5.74, 6) is 5.46. The molecule has 0 aliphatic heterocycles. The standard InChI is InChI=1S/C9H11N5O3S/c1-6-12-13-9(17-6)14-18(15,16)8-4-2-7(11-10)3-5-8/h2-5,11H,10H2,1H3,(H,13,14). The molecule has 0 aliphatic carbocycles. The molecule has 18 heavy (non-hydrogen) atoms. The molecule has 0 saturated carbocycles. The van der Waals surface area contributed by atoms with E-state index in [1.807, 2.05) is 0 Å². The molecule has 96 valence electrons. The molecule has 8 nitrogen and oxygen atoms in total. The quantitative estimate of drug-likeness (QED) is 0.544. The van der Waals surface area contributed by atoms with Gasteiger partial charge in [-0.15, -0.1) is 5.10 Å².